The van der Waals surface area contributed by atoms with Gasteiger partial charge in [0.1, 0.15) is 24.8 Å². The van der Waals surface area contributed by atoms with E-state index in [9.17, 15) is 59.8 Å². The lowest BCUT2D eigenvalue weighted by atomic mass is 9.72. The van der Waals surface area contributed by atoms with Crippen molar-refractivity contribution in [3.63, 3.8) is 0 Å². The Balaban J connectivity index is 0.00000459. The number of likely N-dealkylation sites (tertiary alicyclic amines) is 2. The lowest BCUT2D eigenvalue weighted by molar-refractivity contribution is -0.143. The summed E-state index contributed by atoms with van der Waals surface area (Å²) in [4.78, 5) is 81.1. The molecule has 3 saturated heterocycles. The van der Waals surface area contributed by atoms with Crippen molar-refractivity contribution in [2.24, 2.45) is 0 Å². The topological polar surface area (TPSA) is 150 Å². The molecule has 0 saturated carbocycles. The number of piperidine rings is 2. The van der Waals surface area contributed by atoms with Crippen LogP contribution in [0, 0.1) is 5.82 Å². The third kappa shape index (κ3) is 18.9. The van der Waals surface area contributed by atoms with Gasteiger partial charge in [0.05, 0.1) is 29.5 Å². The van der Waals surface area contributed by atoms with E-state index in [1.807, 2.05) is 93.0 Å². The molecule has 16 nitrogen and oxygen atoms in total. The summed E-state index contributed by atoms with van der Waals surface area (Å²) >= 11 is 0. The third-order valence-corrected chi connectivity index (χ3v) is 19.8. The van der Waals surface area contributed by atoms with Crippen molar-refractivity contribution in [2.75, 3.05) is 123 Å². The van der Waals surface area contributed by atoms with Gasteiger partial charge in [0.2, 0.25) is 11.8 Å². The largest absolute Gasteiger partial charge is 0.465 e. The van der Waals surface area contributed by atoms with Crippen molar-refractivity contribution in [1.82, 2.24) is 29.4 Å². The van der Waals surface area contributed by atoms with Crippen LogP contribution in [0.25, 0.3) is 11.1 Å². The molecule has 1 aliphatic carbocycles. The van der Waals surface area contributed by atoms with Crippen LogP contribution in [0.2, 0.25) is 0 Å². The molecule has 0 radical (unpaired) electrons. The summed E-state index contributed by atoms with van der Waals surface area (Å²) in [6.07, 6.45) is -6.49. The summed E-state index contributed by atoms with van der Waals surface area (Å²) in [7, 11) is 7.21. The molecule has 0 bridgehead atoms. The van der Waals surface area contributed by atoms with Gasteiger partial charge in [-0.2, -0.15) is 26.3 Å². The van der Waals surface area contributed by atoms with Gasteiger partial charge in [-0.3, -0.25) is 24.1 Å². The molecule has 26 heteroatoms. The molecule has 2 atom stereocenters. The molecule has 3 fully saturated rings. The second-order valence-corrected chi connectivity index (χ2v) is 25.9. The predicted molar refractivity (Wildman–Crippen MR) is 373 cm³/mol. The molecule has 99 heavy (non-hydrogen) atoms. The van der Waals surface area contributed by atoms with Crippen LogP contribution in [0.5, 0.6) is 0 Å². The first kappa shape index (κ1) is 78.8. The van der Waals surface area contributed by atoms with Crippen molar-refractivity contribution >= 4 is 78.3 Å². The van der Waals surface area contributed by atoms with E-state index >= 15 is 0 Å². The van der Waals surface area contributed by atoms with Crippen LogP contribution in [0.4, 0.5) is 46.9 Å². The number of rotatable bonds is 24. The zero-order valence-electron chi connectivity index (χ0n) is 55.8. The maximum absolute atomic E-state index is 14.2. The van der Waals surface area contributed by atoms with Gasteiger partial charge < -0.3 is 48.9 Å². The molecular weight excluding hydrogens is 1360 g/mol. The Labute approximate surface area is 592 Å². The van der Waals surface area contributed by atoms with Crippen LogP contribution in [0.3, 0.4) is 0 Å². The molecule has 1 N–H and O–H groups in total. The molecule has 3 aliphatic heterocycles. The predicted octanol–water partition coefficient (Wildman–Crippen LogP) is 13.4. The van der Waals surface area contributed by atoms with E-state index in [4.69, 9.17) is 9.47 Å². The number of likely N-dealkylation sites (N-methyl/N-ethyl adjacent to an activating group) is 2. The number of fused-ring (bicyclic) bond motifs is 2. The highest BCUT2D eigenvalue weighted by molar-refractivity contribution is 5.96. The smallest absolute Gasteiger partial charge is 0.416 e. The summed E-state index contributed by atoms with van der Waals surface area (Å²) in [6, 6.07) is 39.0. The van der Waals surface area contributed by atoms with Crippen molar-refractivity contribution in [3.05, 3.63) is 190 Å². The SMILES string of the molecule is CN(CCN1CCC(N(C(=O)O)c2ccccc2-c2ccccc2)CC1)C(=O)CCCN(C)c1ccc(C(=O)N(C)CCCN(C)C(=O)CO[C@H]2Cc3ccccc3C23CCN(CC[C@]2(c4ccc(F)cc4)CN(C(=O)c4cc(C(F)(F)F)cc(C(F)(F)F)c4)CO2)CC3)cc1.Cl.Cl.Cl. The number of carbonyl (C=O) groups excluding carboxylic acids is 4. The Bertz CT molecular complexity index is 3660. The van der Waals surface area contributed by atoms with Gasteiger partial charge in [-0.05, 0) is 147 Å². The number of para-hydroxylation sites is 1. The Morgan fingerprint density at radius 3 is 1.88 bits per heavy atom. The van der Waals surface area contributed by atoms with E-state index < -0.39 is 64.6 Å². The maximum atomic E-state index is 14.2. The number of amides is 5. The monoisotopic (exact) mass is 1440 g/mol. The molecule has 4 aliphatic rings. The molecule has 0 unspecified atom stereocenters. The molecule has 536 valence electrons. The van der Waals surface area contributed by atoms with Crippen LogP contribution in [0.15, 0.2) is 146 Å². The fourth-order valence-corrected chi connectivity index (χ4v) is 14.0. The average Bonchev–Trinajstić information content (AvgIpc) is 1.62. The van der Waals surface area contributed by atoms with E-state index in [1.165, 1.54) is 29.2 Å². The number of benzene rings is 6. The first-order valence-electron chi connectivity index (χ1n) is 32.7. The highest BCUT2D eigenvalue weighted by Gasteiger charge is 2.50. The van der Waals surface area contributed by atoms with Crippen molar-refractivity contribution < 1.29 is 69.3 Å². The van der Waals surface area contributed by atoms with Gasteiger partial charge in [-0.25, -0.2) is 9.18 Å². The van der Waals surface area contributed by atoms with E-state index in [0.717, 1.165) is 45.9 Å². The average molecular weight is 1440 g/mol. The number of anilines is 2. The third-order valence-electron chi connectivity index (χ3n) is 19.8. The van der Waals surface area contributed by atoms with E-state index in [1.54, 1.807) is 40.9 Å². The number of ether oxygens (including phenoxy) is 2. The van der Waals surface area contributed by atoms with E-state index in [0.29, 0.717) is 133 Å². The number of nitrogens with zero attached hydrogens (tertiary/aromatic N) is 8. The van der Waals surface area contributed by atoms with Gasteiger partial charge in [0, 0.05) is 121 Å². The van der Waals surface area contributed by atoms with E-state index in [-0.39, 0.29) is 92.7 Å². The van der Waals surface area contributed by atoms with Crippen LogP contribution in [-0.4, -0.2) is 190 Å². The first-order valence-corrected chi connectivity index (χ1v) is 32.7. The fraction of sp³-hybridized carbons (Fsp3) is 0.438. The van der Waals surface area contributed by atoms with Gasteiger partial charge in [0.25, 0.3) is 11.8 Å². The summed E-state index contributed by atoms with van der Waals surface area (Å²) in [5.74, 6) is -1.92. The first-order chi connectivity index (χ1) is 45.8. The molecule has 5 amide bonds. The highest BCUT2D eigenvalue weighted by atomic mass is 35.5. The second kappa shape index (κ2) is 34.2. The van der Waals surface area contributed by atoms with Gasteiger partial charge >= 0.3 is 18.4 Å². The minimum atomic E-state index is -5.15. The van der Waals surface area contributed by atoms with Crippen molar-refractivity contribution in [3.8, 4) is 11.1 Å². The van der Waals surface area contributed by atoms with Crippen molar-refractivity contribution in [2.45, 2.75) is 93.3 Å². The Kier molecular flexibility index (Phi) is 27.3. The normalized spacial score (nSPS) is 17.7. The van der Waals surface area contributed by atoms with Gasteiger partial charge in [0.15, 0.2) is 0 Å². The number of hydrogen-bond donors (Lipinski definition) is 1. The number of carbonyl (C=O) groups is 5. The van der Waals surface area contributed by atoms with Crippen LogP contribution < -0.4 is 9.80 Å². The summed E-state index contributed by atoms with van der Waals surface area (Å²) in [6.45, 7) is 4.94. The summed E-state index contributed by atoms with van der Waals surface area (Å²) in [5, 5.41) is 10.4. The molecule has 10 rings (SSSR count). The molecule has 6 aromatic carbocycles. The standard InChI is InChI=1S/C73H83F7N8O8.3ClH/c1-81(34-12-20-65(89)83(3)42-43-85-37-29-60(30-38-85)88(69(93)94)63-19-11-9-17-61(63)51-14-6-5-7-15-51)59-27-21-52(22-28-59)67(91)84(4)36-13-35-82(2)66(90)48-95-64-46-53-16-8-10-18-62(53)70(64)31-39-86(40-32-70)41-33-71(55-23-25-58(74)26-24-55)49-87(50-96-71)68(92)54-44-56(72(75,76)77)47-57(45-54)73(78,79)80;;;/h5-11,14-19,21-28,44-45,47,60,64H,12-13,20,29-43,46,48-50H2,1-4H3,(H,93,94);3*1H/t64-,71+;;;/m0.../s1. The minimum Gasteiger partial charge on any atom is -0.465 e. The quantitative estimate of drug-likeness (QED) is 0.0577. The summed E-state index contributed by atoms with van der Waals surface area (Å²) < 4.78 is 110. The lowest BCUT2D eigenvalue weighted by Gasteiger charge is -2.44. The number of carboxylic acid groups (broad SMARTS) is 1. The highest BCUT2D eigenvalue weighted by Crippen LogP contribution is 2.49. The molecular formula is C73H86Cl3F7N8O8. The Morgan fingerprint density at radius 1 is 0.636 bits per heavy atom. The molecule has 6 aromatic rings. The lowest BCUT2D eigenvalue weighted by Crippen LogP contribution is -2.50. The van der Waals surface area contributed by atoms with Gasteiger partial charge in [-0.15, -0.1) is 37.2 Å². The van der Waals surface area contributed by atoms with Gasteiger partial charge in [-0.1, -0.05) is 84.9 Å². The Hall–Kier alpha value is -7.51. The van der Waals surface area contributed by atoms with Crippen molar-refractivity contribution in [1.29, 1.82) is 0 Å². The summed E-state index contributed by atoms with van der Waals surface area (Å²) in [5.41, 5.74) is 1.03. The van der Waals surface area contributed by atoms with Crippen LogP contribution in [-0.2, 0) is 48.9 Å². The second-order valence-electron chi connectivity index (χ2n) is 25.9. The minimum absolute atomic E-state index is 0. The number of alkyl halides is 6. The maximum Gasteiger partial charge on any atom is 0.416 e. The molecule has 1 spiro atoms. The number of halogens is 10. The Morgan fingerprint density at radius 2 is 1.23 bits per heavy atom. The van der Waals surface area contributed by atoms with E-state index in [2.05, 4.69) is 26.8 Å². The van der Waals surface area contributed by atoms with Crippen LogP contribution in [0.1, 0.15) is 99.9 Å². The fourth-order valence-electron chi connectivity index (χ4n) is 14.0. The number of hydrogen-bond acceptors (Lipinski definition) is 10. The zero-order valence-corrected chi connectivity index (χ0v) is 58.3. The van der Waals surface area contributed by atoms with Crippen LogP contribution >= 0.6 is 37.2 Å². The molecule has 3 heterocycles. The zero-order chi connectivity index (χ0) is 68.5. The molecule has 0 aromatic heterocycles.